The molecule has 1 aromatic rings. The average molecular weight is 373 g/mol. The Bertz CT molecular complexity index is 624. The maximum absolute atomic E-state index is 11.9. The Balaban J connectivity index is 1.44. The lowest BCUT2D eigenvalue weighted by molar-refractivity contribution is -0.133. The molecule has 3 N–H and O–H groups in total. The van der Waals surface area contributed by atoms with Gasteiger partial charge in [0.15, 0.2) is 0 Å². The van der Waals surface area contributed by atoms with Crippen LogP contribution in [0.2, 0.25) is 0 Å². The minimum Gasteiger partial charge on any atom is -0.374 e. The van der Waals surface area contributed by atoms with Crippen LogP contribution in [0.1, 0.15) is 50.0 Å². The molecule has 2 saturated heterocycles. The molecule has 6 heteroatoms. The number of benzene rings is 1. The number of anilines is 1. The van der Waals surface area contributed by atoms with Crippen LogP contribution in [0.4, 0.5) is 5.69 Å². The van der Waals surface area contributed by atoms with Gasteiger partial charge >= 0.3 is 0 Å². The molecule has 2 aliphatic rings. The van der Waals surface area contributed by atoms with Gasteiger partial charge in [0.2, 0.25) is 11.8 Å². The van der Waals surface area contributed by atoms with Crippen LogP contribution in [0.5, 0.6) is 0 Å². The van der Waals surface area contributed by atoms with Crippen molar-refractivity contribution in [2.24, 2.45) is 0 Å². The van der Waals surface area contributed by atoms with Gasteiger partial charge in [0.25, 0.3) is 0 Å². The number of likely N-dealkylation sites (tertiary alicyclic amines) is 1. The first kappa shape index (κ1) is 19.8. The van der Waals surface area contributed by atoms with E-state index in [1.807, 2.05) is 7.05 Å². The quantitative estimate of drug-likeness (QED) is 0.481. The van der Waals surface area contributed by atoms with E-state index in [0.29, 0.717) is 18.8 Å². The van der Waals surface area contributed by atoms with E-state index in [4.69, 9.17) is 0 Å². The van der Waals surface area contributed by atoms with Crippen LogP contribution >= 0.6 is 0 Å². The molecular weight excluding hydrogens is 340 g/mol. The van der Waals surface area contributed by atoms with Crippen molar-refractivity contribution < 1.29 is 9.59 Å². The first-order chi connectivity index (χ1) is 13.2. The summed E-state index contributed by atoms with van der Waals surface area (Å²) in [5, 5.41) is 8.84. The lowest BCUT2D eigenvalue weighted by Crippen LogP contribution is -2.47. The normalized spacial score (nSPS) is 21.9. The minimum absolute atomic E-state index is 0.179. The van der Waals surface area contributed by atoms with E-state index in [0.717, 1.165) is 12.2 Å². The summed E-state index contributed by atoms with van der Waals surface area (Å²) in [6, 6.07) is 8.16. The molecule has 2 amide bonds. The zero-order valence-electron chi connectivity index (χ0n) is 16.3. The molecule has 0 spiro atoms. The summed E-state index contributed by atoms with van der Waals surface area (Å²) in [4.78, 5) is 25.7. The molecular formula is C21H32N4O2. The number of nitrogens with zero attached hydrogens (tertiary/aromatic N) is 1. The molecule has 6 nitrogen and oxygen atoms in total. The largest absolute Gasteiger partial charge is 0.374 e. The van der Waals surface area contributed by atoms with Gasteiger partial charge in [-0.2, -0.15) is 0 Å². The Labute approximate surface area is 162 Å². The topological polar surface area (TPSA) is 73.5 Å². The number of unbranched alkanes of at least 4 members (excludes halogenated alkanes) is 1. The second kappa shape index (κ2) is 9.85. The van der Waals surface area contributed by atoms with E-state index in [9.17, 15) is 9.59 Å². The smallest absolute Gasteiger partial charge is 0.249 e. The van der Waals surface area contributed by atoms with Gasteiger partial charge in [0.1, 0.15) is 6.04 Å². The highest BCUT2D eigenvalue weighted by Gasteiger charge is 2.26. The Hall–Kier alpha value is -1.92. The summed E-state index contributed by atoms with van der Waals surface area (Å²) in [5.41, 5.74) is 2.33. The molecule has 2 fully saturated rings. The first-order valence-electron chi connectivity index (χ1n) is 10.2. The minimum atomic E-state index is -0.320. The summed E-state index contributed by atoms with van der Waals surface area (Å²) in [6.45, 7) is 4.68. The zero-order valence-corrected chi connectivity index (χ0v) is 16.3. The van der Waals surface area contributed by atoms with Crippen molar-refractivity contribution in [2.75, 3.05) is 38.5 Å². The highest BCUT2D eigenvalue weighted by molar-refractivity contribution is 6.01. The molecule has 2 aliphatic heterocycles. The molecule has 1 unspecified atom stereocenters. The van der Waals surface area contributed by atoms with E-state index in [1.54, 1.807) is 0 Å². The van der Waals surface area contributed by atoms with Crippen LogP contribution in [0.25, 0.3) is 0 Å². The number of rotatable bonds is 8. The van der Waals surface area contributed by atoms with Crippen molar-refractivity contribution in [3.05, 3.63) is 29.8 Å². The molecule has 0 radical (unpaired) electrons. The van der Waals surface area contributed by atoms with Gasteiger partial charge in [0.05, 0.1) is 0 Å². The lowest BCUT2D eigenvalue weighted by Gasteiger charge is -2.32. The fraction of sp³-hybridized carbons (Fsp3) is 0.619. The Morgan fingerprint density at radius 2 is 1.81 bits per heavy atom. The highest BCUT2D eigenvalue weighted by atomic mass is 16.2. The van der Waals surface area contributed by atoms with E-state index in [-0.39, 0.29) is 17.9 Å². The monoisotopic (exact) mass is 372 g/mol. The van der Waals surface area contributed by atoms with Crippen molar-refractivity contribution in [3.8, 4) is 0 Å². The zero-order chi connectivity index (χ0) is 19.1. The number of amides is 2. The number of hydrogen-bond acceptors (Lipinski definition) is 5. The predicted molar refractivity (Wildman–Crippen MR) is 108 cm³/mol. The summed E-state index contributed by atoms with van der Waals surface area (Å²) in [6.07, 6.45) is 5.90. The summed E-state index contributed by atoms with van der Waals surface area (Å²) in [7, 11) is 2.01. The van der Waals surface area contributed by atoms with Crippen molar-refractivity contribution in [2.45, 2.75) is 50.5 Å². The van der Waals surface area contributed by atoms with Crippen LogP contribution in [-0.2, 0) is 9.59 Å². The maximum atomic E-state index is 11.9. The standard InChI is InChI=1S/C21H32N4O2/c1-22-12-2-3-13-25-14-10-17(11-15-25)16-4-6-18(7-5-16)23-19-8-9-20(26)24-21(19)27/h4-7,17,19,22-23H,2-3,8-15H2,1H3,(H,24,26,27). The SMILES string of the molecule is CNCCCCN1CCC(c2ccc(NC3CCC(=O)NC3=O)cc2)CC1. The highest BCUT2D eigenvalue weighted by Crippen LogP contribution is 2.29. The third-order valence-electron chi connectivity index (χ3n) is 5.70. The van der Waals surface area contributed by atoms with Crippen LogP contribution in [-0.4, -0.2) is 56.0 Å². The third-order valence-corrected chi connectivity index (χ3v) is 5.70. The van der Waals surface area contributed by atoms with Gasteiger partial charge in [-0.15, -0.1) is 0 Å². The Morgan fingerprint density at radius 3 is 2.48 bits per heavy atom. The van der Waals surface area contributed by atoms with Crippen LogP contribution in [0.3, 0.4) is 0 Å². The van der Waals surface area contributed by atoms with E-state index in [2.05, 4.69) is 45.1 Å². The molecule has 0 aliphatic carbocycles. The summed E-state index contributed by atoms with van der Waals surface area (Å²) >= 11 is 0. The van der Waals surface area contributed by atoms with E-state index < -0.39 is 0 Å². The maximum Gasteiger partial charge on any atom is 0.249 e. The molecule has 0 bridgehead atoms. The van der Waals surface area contributed by atoms with Gasteiger partial charge in [-0.05, 0) is 88.9 Å². The average Bonchev–Trinajstić information content (AvgIpc) is 2.69. The molecule has 0 aromatic heterocycles. The van der Waals surface area contributed by atoms with Crippen LogP contribution < -0.4 is 16.0 Å². The van der Waals surface area contributed by atoms with Gasteiger partial charge in [-0.25, -0.2) is 0 Å². The number of hydrogen-bond donors (Lipinski definition) is 3. The summed E-state index contributed by atoms with van der Waals surface area (Å²) in [5.74, 6) is 0.224. The number of nitrogens with one attached hydrogen (secondary N) is 3. The molecule has 1 aromatic carbocycles. The van der Waals surface area contributed by atoms with E-state index in [1.165, 1.54) is 50.9 Å². The van der Waals surface area contributed by atoms with Gasteiger partial charge in [-0.3, -0.25) is 14.9 Å². The molecule has 2 heterocycles. The number of imide groups is 1. The third kappa shape index (κ3) is 5.78. The second-order valence-corrected chi connectivity index (χ2v) is 7.70. The number of carbonyl (C=O) groups is 2. The van der Waals surface area contributed by atoms with Gasteiger partial charge < -0.3 is 15.5 Å². The Morgan fingerprint density at radius 1 is 1.07 bits per heavy atom. The van der Waals surface area contributed by atoms with Crippen molar-refractivity contribution >= 4 is 17.5 Å². The van der Waals surface area contributed by atoms with Crippen molar-refractivity contribution in [1.29, 1.82) is 0 Å². The molecule has 27 heavy (non-hydrogen) atoms. The molecule has 148 valence electrons. The van der Waals surface area contributed by atoms with Gasteiger partial charge in [-0.1, -0.05) is 12.1 Å². The number of carbonyl (C=O) groups excluding carboxylic acids is 2. The van der Waals surface area contributed by atoms with Gasteiger partial charge in [0, 0.05) is 12.1 Å². The fourth-order valence-electron chi connectivity index (χ4n) is 4.01. The summed E-state index contributed by atoms with van der Waals surface area (Å²) < 4.78 is 0. The van der Waals surface area contributed by atoms with Crippen molar-refractivity contribution in [1.82, 2.24) is 15.5 Å². The lowest BCUT2D eigenvalue weighted by atomic mass is 9.89. The van der Waals surface area contributed by atoms with E-state index >= 15 is 0 Å². The molecule has 3 rings (SSSR count). The number of piperidine rings is 2. The first-order valence-corrected chi connectivity index (χ1v) is 10.2. The van der Waals surface area contributed by atoms with Crippen LogP contribution in [0, 0.1) is 0 Å². The Kier molecular flexibility index (Phi) is 7.24. The van der Waals surface area contributed by atoms with Crippen LogP contribution in [0.15, 0.2) is 24.3 Å². The fourth-order valence-corrected chi connectivity index (χ4v) is 4.01. The molecule has 1 atom stereocenters. The molecule has 0 saturated carbocycles. The second-order valence-electron chi connectivity index (χ2n) is 7.70. The predicted octanol–water partition coefficient (Wildman–Crippen LogP) is 2.08. The van der Waals surface area contributed by atoms with Crippen molar-refractivity contribution in [3.63, 3.8) is 0 Å².